The van der Waals surface area contributed by atoms with E-state index in [1.54, 1.807) is 11.0 Å². The average Bonchev–Trinajstić information content (AvgIpc) is 3.72. The molecule has 3 amide bonds. The lowest BCUT2D eigenvalue weighted by molar-refractivity contribution is -0.136. The summed E-state index contributed by atoms with van der Waals surface area (Å²) in [6.07, 6.45) is 5.26. The second-order valence-corrected chi connectivity index (χ2v) is 17.7. The van der Waals surface area contributed by atoms with Gasteiger partial charge in [-0.25, -0.2) is 0 Å². The van der Waals surface area contributed by atoms with Crippen molar-refractivity contribution in [2.45, 2.75) is 57.5 Å². The number of hydrogen-bond acceptors (Lipinski definition) is 7. The first kappa shape index (κ1) is 38.9. The molecule has 5 aliphatic rings. The molecule has 4 aromatic carbocycles. The van der Waals surface area contributed by atoms with Gasteiger partial charge in [-0.15, -0.1) is 5.10 Å². The van der Waals surface area contributed by atoms with Crippen LogP contribution in [0.2, 0.25) is 10.0 Å². The van der Waals surface area contributed by atoms with Crippen LogP contribution in [-0.2, 0) is 22.6 Å². The molecular formula is C47H46Cl2FN7O3. The second kappa shape index (κ2) is 16.0. The summed E-state index contributed by atoms with van der Waals surface area (Å²) in [6, 6.07) is 24.0. The zero-order valence-corrected chi connectivity index (χ0v) is 34.8. The number of nitrogens with zero attached hydrogens (tertiary/aromatic N) is 5. The number of amides is 3. The molecule has 3 saturated heterocycles. The Kier molecular flexibility index (Phi) is 10.4. The number of allylic oxidation sites excluding steroid dienone is 1. The van der Waals surface area contributed by atoms with Crippen LogP contribution in [0.5, 0.6) is 0 Å². The van der Waals surface area contributed by atoms with Crippen molar-refractivity contribution in [1.82, 2.24) is 25.3 Å². The number of aryl methyl sites for hydroxylation is 1. The van der Waals surface area contributed by atoms with E-state index in [1.807, 2.05) is 30.3 Å². The number of rotatable bonds is 7. The van der Waals surface area contributed by atoms with Crippen molar-refractivity contribution in [2.24, 2.45) is 5.92 Å². The molecule has 60 heavy (non-hydrogen) atoms. The van der Waals surface area contributed by atoms with Crippen LogP contribution in [0.25, 0.3) is 22.0 Å². The molecule has 1 aromatic heterocycles. The minimum atomic E-state index is -0.603. The number of anilines is 2. The lowest BCUT2D eigenvalue weighted by atomic mass is 9.87. The number of piperazine rings is 1. The molecule has 3 fully saturated rings. The quantitative estimate of drug-likeness (QED) is 0.160. The summed E-state index contributed by atoms with van der Waals surface area (Å²) >= 11 is 13.2. The number of fused-ring (bicyclic) bond motifs is 4. The van der Waals surface area contributed by atoms with E-state index in [0.29, 0.717) is 45.4 Å². The van der Waals surface area contributed by atoms with Crippen LogP contribution in [0.3, 0.4) is 0 Å². The fourth-order valence-electron chi connectivity index (χ4n) is 10.2. The number of nitrogens with one attached hydrogen (secondary N) is 2. The molecule has 10 nitrogen and oxygen atoms in total. The maximum Gasteiger partial charge on any atom is 0.255 e. The molecule has 308 valence electrons. The van der Waals surface area contributed by atoms with Crippen molar-refractivity contribution in [3.63, 3.8) is 0 Å². The van der Waals surface area contributed by atoms with Gasteiger partial charge in [0.2, 0.25) is 17.8 Å². The maximum absolute atomic E-state index is 15.1. The van der Waals surface area contributed by atoms with Gasteiger partial charge in [-0.05, 0) is 132 Å². The van der Waals surface area contributed by atoms with Gasteiger partial charge in [0.05, 0.1) is 10.9 Å². The van der Waals surface area contributed by atoms with Gasteiger partial charge >= 0.3 is 0 Å². The summed E-state index contributed by atoms with van der Waals surface area (Å²) in [7, 11) is 0. The minimum Gasteiger partial charge on any atom is -0.372 e. The van der Waals surface area contributed by atoms with Gasteiger partial charge in [0, 0.05) is 85.8 Å². The Hall–Kier alpha value is -5.23. The van der Waals surface area contributed by atoms with Crippen molar-refractivity contribution in [3.8, 4) is 0 Å². The molecule has 0 bridgehead atoms. The number of imide groups is 1. The summed E-state index contributed by atoms with van der Waals surface area (Å²) < 4.78 is 15.1. The highest BCUT2D eigenvalue weighted by molar-refractivity contribution is 6.36. The highest BCUT2D eigenvalue weighted by Crippen LogP contribution is 2.44. The second-order valence-electron chi connectivity index (χ2n) is 16.9. The Morgan fingerprint density at radius 3 is 2.25 bits per heavy atom. The summed E-state index contributed by atoms with van der Waals surface area (Å²) in [5, 5.41) is 10.9. The van der Waals surface area contributed by atoms with Gasteiger partial charge in [0.15, 0.2) is 0 Å². The van der Waals surface area contributed by atoms with Crippen molar-refractivity contribution >= 4 is 74.3 Å². The number of piperidine rings is 2. The Balaban J connectivity index is 0.780. The highest BCUT2D eigenvalue weighted by atomic mass is 35.5. The molecule has 0 radical (unpaired) electrons. The first-order valence-corrected chi connectivity index (χ1v) is 21.9. The van der Waals surface area contributed by atoms with E-state index in [1.165, 1.54) is 5.69 Å². The van der Waals surface area contributed by atoms with Crippen LogP contribution in [-0.4, -0.2) is 89.6 Å². The van der Waals surface area contributed by atoms with Crippen LogP contribution < -0.4 is 15.1 Å². The van der Waals surface area contributed by atoms with Crippen molar-refractivity contribution in [3.05, 3.63) is 122 Å². The lowest BCUT2D eigenvalue weighted by Crippen LogP contribution is -2.52. The number of carbonyl (C=O) groups excluding carboxylic acids is 3. The van der Waals surface area contributed by atoms with Crippen LogP contribution in [0, 0.1) is 11.9 Å². The van der Waals surface area contributed by atoms with Gasteiger partial charge in [-0.2, -0.15) is 4.39 Å². The first-order chi connectivity index (χ1) is 29.2. The van der Waals surface area contributed by atoms with Crippen LogP contribution in [0.4, 0.5) is 15.8 Å². The number of H-pyrrole nitrogens is 1. The van der Waals surface area contributed by atoms with Gasteiger partial charge in [-0.1, -0.05) is 47.5 Å². The van der Waals surface area contributed by atoms with Gasteiger partial charge in [0.25, 0.3) is 5.91 Å². The number of aromatic amines is 1. The van der Waals surface area contributed by atoms with Gasteiger partial charge < -0.3 is 14.7 Å². The molecule has 0 saturated carbocycles. The van der Waals surface area contributed by atoms with E-state index in [-0.39, 0.29) is 24.1 Å². The van der Waals surface area contributed by atoms with Crippen LogP contribution >= 0.6 is 23.2 Å². The zero-order chi connectivity index (χ0) is 41.1. The Labute approximate surface area is 358 Å². The smallest absolute Gasteiger partial charge is 0.255 e. The van der Waals surface area contributed by atoms with E-state index in [0.717, 1.165) is 123 Å². The molecule has 5 aromatic rings. The van der Waals surface area contributed by atoms with Crippen LogP contribution in [0.15, 0.2) is 72.8 Å². The Morgan fingerprint density at radius 2 is 1.48 bits per heavy atom. The number of carbonyl (C=O) groups is 3. The Bertz CT molecular complexity index is 2560. The third kappa shape index (κ3) is 7.24. The topological polar surface area (TPSA) is 105 Å². The zero-order valence-electron chi connectivity index (χ0n) is 33.3. The van der Waals surface area contributed by atoms with E-state index >= 15 is 4.39 Å². The monoisotopic (exact) mass is 845 g/mol. The van der Waals surface area contributed by atoms with Gasteiger partial charge in [-0.3, -0.25) is 29.7 Å². The minimum absolute atomic E-state index is 0.136. The summed E-state index contributed by atoms with van der Waals surface area (Å²) in [6.45, 7) is 7.30. The predicted molar refractivity (Wildman–Crippen MR) is 234 cm³/mol. The molecule has 1 atom stereocenters. The molecular weight excluding hydrogens is 800 g/mol. The average molecular weight is 847 g/mol. The standard InChI is InChI=1S/C47H46Cl2FN7O3/c48-31-6-10-35(39(49)25-31)36-2-1-3-37-38(12-13-40-44(37)45(50)53-52-40)43(36)29-4-7-32(8-5-29)55-18-16-28(17-19-55)26-54-20-22-56(23-21-54)33-9-11-34-30(24-33)27-57(47(34)60)41-14-15-42(58)51-46(41)59/h4-13,24-25,28,41H,1-3,14-23,26-27H2,(H,52,53)(H,51,58,59)/t41-/m0/s1. The normalized spacial score (nSPS) is 20.5. The number of hydrogen-bond donors (Lipinski definition) is 2. The van der Waals surface area contributed by atoms with E-state index in [9.17, 15) is 14.4 Å². The molecule has 4 aliphatic heterocycles. The molecule has 5 heterocycles. The third-order valence-electron chi connectivity index (χ3n) is 13.4. The third-order valence-corrected chi connectivity index (χ3v) is 13.9. The molecule has 0 unspecified atom stereocenters. The fourth-order valence-corrected chi connectivity index (χ4v) is 10.7. The number of benzene rings is 4. The highest BCUT2D eigenvalue weighted by Gasteiger charge is 2.39. The van der Waals surface area contributed by atoms with Crippen LogP contribution in [0.1, 0.15) is 76.7 Å². The Morgan fingerprint density at radius 1 is 0.750 bits per heavy atom. The maximum atomic E-state index is 15.1. The van der Waals surface area contributed by atoms with E-state index in [4.69, 9.17) is 23.2 Å². The fraction of sp³-hybridized carbons (Fsp3) is 0.362. The summed E-state index contributed by atoms with van der Waals surface area (Å²) in [5.74, 6) is -0.627. The molecule has 1 aliphatic carbocycles. The largest absolute Gasteiger partial charge is 0.372 e. The lowest BCUT2D eigenvalue weighted by Gasteiger charge is -2.40. The number of halogens is 3. The molecule has 0 spiro atoms. The predicted octanol–water partition coefficient (Wildman–Crippen LogP) is 8.10. The van der Waals surface area contributed by atoms with Crippen molar-refractivity contribution in [1.29, 1.82) is 0 Å². The van der Waals surface area contributed by atoms with Gasteiger partial charge in [0.1, 0.15) is 6.04 Å². The summed E-state index contributed by atoms with van der Waals surface area (Å²) in [5.41, 5.74) is 10.8. The first-order valence-electron chi connectivity index (χ1n) is 21.1. The van der Waals surface area contributed by atoms with E-state index < -0.39 is 12.0 Å². The molecule has 2 N–H and O–H groups in total. The molecule has 13 heteroatoms. The van der Waals surface area contributed by atoms with E-state index in [2.05, 4.69) is 66.6 Å². The molecule has 10 rings (SSSR count). The SMILES string of the molecule is O=C1CC[C@H](N2Cc3cc(N4CCN(CC5CCN(c6ccc(C7=C(c8ccc(Cl)cc8Cl)CCCc8c7ccc7[nH]nc(F)c87)cc6)CC5)CC4)ccc3C2=O)C(=O)N1. The van der Waals surface area contributed by atoms with Crippen molar-refractivity contribution in [2.75, 3.05) is 55.6 Å². The summed E-state index contributed by atoms with van der Waals surface area (Å²) in [4.78, 5) is 46.4. The number of aromatic nitrogens is 2. The van der Waals surface area contributed by atoms with Crippen molar-refractivity contribution < 1.29 is 18.8 Å².